The molecule has 3 rings (SSSR count). The number of pyridine rings is 2. The lowest BCUT2D eigenvalue weighted by atomic mass is 10.2. The Kier molecular flexibility index (Phi) is 4.13. The van der Waals surface area contributed by atoms with Crippen LogP contribution in [0.15, 0.2) is 36.7 Å². The zero-order valence-electron chi connectivity index (χ0n) is 12.1. The highest BCUT2D eigenvalue weighted by Gasteiger charge is 2.15. The first-order chi connectivity index (χ1) is 10.7. The fraction of sp³-hybridized carbons (Fsp3) is 0.333. The number of hydrogen-bond donors (Lipinski definition) is 1. The average molecular weight is 299 g/mol. The molecule has 7 nitrogen and oxygen atoms in total. The van der Waals surface area contributed by atoms with Gasteiger partial charge >= 0.3 is 5.69 Å². The predicted molar refractivity (Wildman–Crippen MR) is 83.9 cm³/mol. The summed E-state index contributed by atoms with van der Waals surface area (Å²) in [7, 11) is 0. The number of rotatable bonds is 5. The van der Waals surface area contributed by atoms with Gasteiger partial charge in [-0.3, -0.25) is 10.1 Å². The second kappa shape index (κ2) is 6.38. The smallest absolute Gasteiger partial charge is 0.311 e. The van der Waals surface area contributed by atoms with Crippen LogP contribution in [-0.2, 0) is 6.54 Å². The van der Waals surface area contributed by atoms with Crippen LogP contribution in [0.3, 0.4) is 0 Å². The molecule has 22 heavy (non-hydrogen) atoms. The Morgan fingerprint density at radius 1 is 1.23 bits per heavy atom. The van der Waals surface area contributed by atoms with Gasteiger partial charge in [-0.05, 0) is 36.6 Å². The zero-order chi connectivity index (χ0) is 15.4. The van der Waals surface area contributed by atoms with Gasteiger partial charge in [0.1, 0.15) is 5.82 Å². The van der Waals surface area contributed by atoms with Crippen molar-refractivity contribution in [3.63, 3.8) is 0 Å². The van der Waals surface area contributed by atoms with Gasteiger partial charge in [-0.2, -0.15) is 0 Å². The summed E-state index contributed by atoms with van der Waals surface area (Å²) in [6, 6.07) is 6.92. The van der Waals surface area contributed by atoms with Crippen LogP contribution in [0, 0.1) is 10.1 Å². The maximum Gasteiger partial charge on any atom is 0.311 e. The predicted octanol–water partition coefficient (Wildman–Crippen LogP) is 2.60. The van der Waals surface area contributed by atoms with E-state index in [9.17, 15) is 10.1 Å². The lowest BCUT2D eigenvalue weighted by Crippen LogP contribution is -2.19. The van der Waals surface area contributed by atoms with Crippen molar-refractivity contribution in [2.75, 3.05) is 23.3 Å². The van der Waals surface area contributed by atoms with Gasteiger partial charge in [-0.15, -0.1) is 0 Å². The summed E-state index contributed by atoms with van der Waals surface area (Å²) < 4.78 is 0. The van der Waals surface area contributed by atoms with Gasteiger partial charge < -0.3 is 10.2 Å². The van der Waals surface area contributed by atoms with E-state index in [1.807, 2.05) is 12.1 Å². The quantitative estimate of drug-likeness (QED) is 0.675. The van der Waals surface area contributed by atoms with Crippen LogP contribution in [0.2, 0.25) is 0 Å². The summed E-state index contributed by atoms with van der Waals surface area (Å²) in [6.07, 6.45) is 5.71. The van der Waals surface area contributed by atoms with E-state index < -0.39 is 4.92 Å². The van der Waals surface area contributed by atoms with E-state index in [2.05, 4.69) is 20.2 Å². The van der Waals surface area contributed by atoms with Gasteiger partial charge in [-0.25, -0.2) is 9.97 Å². The summed E-state index contributed by atoms with van der Waals surface area (Å²) >= 11 is 0. The van der Waals surface area contributed by atoms with E-state index in [1.165, 1.54) is 25.1 Å². The SMILES string of the molecule is O=[N+]([O-])c1cccnc1NCc1ccnc(N2CCCC2)c1. The monoisotopic (exact) mass is 299 g/mol. The molecule has 0 atom stereocenters. The maximum absolute atomic E-state index is 11.0. The molecule has 1 fully saturated rings. The molecular weight excluding hydrogens is 282 g/mol. The van der Waals surface area contributed by atoms with Crippen LogP contribution in [0.25, 0.3) is 0 Å². The number of anilines is 2. The molecule has 0 aliphatic carbocycles. The van der Waals surface area contributed by atoms with Crippen LogP contribution in [0.5, 0.6) is 0 Å². The van der Waals surface area contributed by atoms with E-state index in [0.29, 0.717) is 6.54 Å². The minimum atomic E-state index is -0.433. The van der Waals surface area contributed by atoms with Crippen LogP contribution in [0.4, 0.5) is 17.3 Å². The molecule has 0 aromatic carbocycles. The third kappa shape index (κ3) is 3.13. The second-order valence-corrected chi connectivity index (χ2v) is 5.20. The Labute approximate surface area is 128 Å². The van der Waals surface area contributed by atoms with Crippen molar-refractivity contribution in [1.29, 1.82) is 0 Å². The third-order valence-corrected chi connectivity index (χ3v) is 3.68. The van der Waals surface area contributed by atoms with E-state index in [1.54, 1.807) is 12.3 Å². The van der Waals surface area contributed by atoms with Crippen molar-refractivity contribution in [3.05, 3.63) is 52.3 Å². The molecule has 3 heterocycles. The van der Waals surface area contributed by atoms with E-state index in [-0.39, 0.29) is 11.5 Å². The maximum atomic E-state index is 11.0. The Hall–Kier alpha value is -2.70. The minimum Gasteiger partial charge on any atom is -0.360 e. The minimum absolute atomic E-state index is 0.0173. The second-order valence-electron chi connectivity index (χ2n) is 5.20. The van der Waals surface area contributed by atoms with Gasteiger partial charge in [0, 0.05) is 38.1 Å². The molecule has 1 saturated heterocycles. The molecule has 114 valence electrons. The van der Waals surface area contributed by atoms with Crippen molar-refractivity contribution in [3.8, 4) is 0 Å². The number of hydrogen-bond acceptors (Lipinski definition) is 6. The first-order valence-electron chi connectivity index (χ1n) is 7.27. The normalized spacial score (nSPS) is 14.1. The van der Waals surface area contributed by atoms with Crippen molar-refractivity contribution in [1.82, 2.24) is 9.97 Å². The number of nitrogens with one attached hydrogen (secondary N) is 1. The molecule has 0 radical (unpaired) electrons. The largest absolute Gasteiger partial charge is 0.360 e. The van der Waals surface area contributed by atoms with Crippen molar-refractivity contribution >= 4 is 17.3 Å². The lowest BCUT2D eigenvalue weighted by Gasteiger charge is -2.17. The van der Waals surface area contributed by atoms with Crippen molar-refractivity contribution in [2.24, 2.45) is 0 Å². The third-order valence-electron chi connectivity index (χ3n) is 3.68. The van der Waals surface area contributed by atoms with E-state index >= 15 is 0 Å². The summed E-state index contributed by atoms with van der Waals surface area (Å²) in [5.74, 6) is 1.25. The summed E-state index contributed by atoms with van der Waals surface area (Å²) in [5.41, 5.74) is 1.01. The zero-order valence-corrected chi connectivity index (χ0v) is 12.1. The molecule has 1 aliphatic rings. The molecule has 2 aromatic rings. The molecule has 1 aliphatic heterocycles. The van der Waals surface area contributed by atoms with Crippen LogP contribution in [-0.4, -0.2) is 28.0 Å². The summed E-state index contributed by atoms with van der Waals surface area (Å²) in [4.78, 5) is 21.2. The van der Waals surface area contributed by atoms with Gasteiger partial charge in [0.15, 0.2) is 0 Å². The molecular formula is C15H17N5O2. The van der Waals surface area contributed by atoms with E-state index in [0.717, 1.165) is 24.5 Å². The van der Waals surface area contributed by atoms with Gasteiger partial charge in [0.25, 0.3) is 0 Å². The molecule has 1 N–H and O–H groups in total. The summed E-state index contributed by atoms with van der Waals surface area (Å²) in [6.45, 7) is 2.55. The Balaban J connectivity index is 1.71. The first kappa shape index (κ1) is 14.2. The molecule has 7 heteroatoms. The van der Waals surface area contributed by atoms with E-state index in [4.69, 9.17) is 0 Å². The van der Waals surface area contributed by atoms with Gasteiger partial charge in [-0.1, -0.05) is 0 Å². The average Bonchev–Trinajstić information content (AvgIpc) is 3.08. The molecule has 0 saturated carbocycles. The Bertz CT molecular complexity index is 670. The fourth-order valence-electron chi connectivity index (χ4n) is 2.56. The van der Waals surface area contributed by atoms with Crippen molar-refractivity contribution in [2.45, 2.75) is 19.4 Å². The highest BCUT2D eigenvalue weighted by molar-refractivity contribution is 5.55. The highest BCUT2D eigenvalue weighted by atomic mass is 16.6. The first-order valence-corrected chi connectivity index (χ1v) is 7.27. The van der Waals surface area contributed by atoms with Crippen LogP contribution < -0.4 is 10.2 Å². The fourth-order valence-corrected chi connectivity index (χ4v) is 2.56. The molecule has 0 spiro atoms. The standard InChI is InChI=1S/C15H17N5O2/c21-20(22)13-4-3-6-17-15(13)18-11-12-5-7-16-14(10-12)19-8-1-2-9-19/h3-7,10H,1-2,8-9,11H2,(H,17,18). The molecule has 0 bridgehead atoms. The number of aromatic nitrogens is 2. The Morgan fingerprint density at radius 2 is 2.05 bits per heavy atom. The highest BCUT2D eigenvalue weighted by Crippen LogP contribution is 2.22. The van der Waals surface area contributed by atoms with Crippen molar-refractivity contribution < 1.29 is 4.92 Å². The number of nitro groups is 1. The molecule has 2 aromatic heterocycles. The summed E-state index contributed by atoms with van der Waals surface area (Å²) in [5, 5.41) is 14.0. The Morgan fingerprint density at radius 3 is 2.82 bits per heavy atom. The van der Waals surface area contributed by atoms with Gasteiger partial charge in [0.05, 0.1) is 4.92 Å². The molecule has 0 unspecified atom stereocenters. The molecule has 0 amide bonds. The van der Waals surface area contributed by atoms with Crippen LogP contribution in [0.1, 0.15) is 18.4 Å². The lowest BCUT2D eigenvalue weighted by molar-refractivity contribution is -0.384. The van der Waals surface area contributed by atoms with Gasteiger partial charge in [0.2, 0.25) is 5.82 Å². The topological polar surface area (TPSA) is 84.2 Å². The number of nitrogens with zero attached hydrogens (tertiary/aromatic N) is 4. The van der Waals surface area contributed by atoms with Crippen LogP contribution >= 0.6 is 0 Å².